The van der Waals surface area contributed by atoms with Gasteiger partial charge in [-0.1, -0.05) is 0 Å². The predicted molar refractivity (Wildman–Crippen MR) is 271 cm³/mol. The van der Waals surface area contributed by atoms with E-state index >= 15 is 0 Å². The summed E-state index contributed by atoms with van der Waals surface area (Å²) in [5.41, 5.74) is 5.48. The maximum Gasteiger partial charge on any atom is 0.198 e. The summed E-state index contributed by atoms with van der Waals surface area (Å²) in [5.74, 6) is -0.871. The van der Waals surface area contributed by atoms with Crippen LogP contribution < -0.4 is 0 Å². The first-order chi connectivity index (χ1) is 32.4. The number of rotatable bonds is 2. The molecule has 1 saturated carbocycles. The van der Waals surface area contributed by atoms with Crippen LogP contribution in [-0.2, 0) is 20.3 Å². The minimum Gasteiger partial charge on any atom is -0.351 e. The third-order valence-electron chi connectivity index (χ3n) is 24.8. The Balaban J connectivity index is 1.28. The van der Waals surface area contributed by atoms with Gasteiger partial charge in [0.2, 0.25) is 0 Å². The van der Waals surface area contributed by atoms with Crippen LogP contribution in [0.2, 0.25) is 0 Å². The zero-order valence-electron chi connectivity index (χ0n) is 33.3. The Morgan fingerprint density at radius 1 is 0.154 bits per heavy atom. The van der Waals surface area contributed by atoms with Crippen molar-refractivity contribution >= 4 is 291 Å². The van der Waals surface area contributed by atoms with Gasteiger partial charge in [0.1, 0.15) is 0 Å². The molecule has 0 aliphatic heterocycles. The third-order valence-corrected chi connectivity index (χ3v) is 24.8. The highest BCUT2D eigenvalue weighted by Gasteiger charge is 2.97. The molecular weight excluding hydrogens is 789 g/mol. The Morgan fingerprint density at radius 3 is 0.338 bits per heavy atom. The first-order valence-electron chi connectivity index (χ1n) is 24.2. The average Bonchev–Trinajstić information content (AvgIpc) is 4.17. The van der Waals surface area contributed by atoms with E-state index in [0.717, 1.165) is 0 Å². The van der Waals surface area contributed by atoms with Crippen LogP contribution in [0, 0.1) is 0 Å². The van der Waals surface area contributed by atoms with E-state index in [-0.39, 0.29) is 0 Å². The van der Waals surface area contributed by atoms with Gasteiger partial charge in [0.05, 0.1) is 10.8 Å². The number of hydrogen-bond donors (Lipinski definition) is 0. The Kier molecular flexibility index (Phi) is 1.79. The molecule has 28 aromatic carbocycles. The highest BCUT2D eigenvalue weighted by atomic mass is 16.7. The molecule has 0 amide bonds. The molecule has 33 rings (SSSR count). The molecule has 2 spiro atoms. The summed E-state index contributed by atoms with van der Waals surface area (Å²) in [6.07, 6.45) is 0. The van der Waals surface area contributed by atoms with Crippen molar-refractivity contribution in [2.75, 3.05) is 14.2 Å². The van der Waals surface area contributed by atoms with E-state index in [1.54, 1.807) is 313 Å². The smallest absolute Gasteiger partial charge is 0.198 e. The minimum absolute atomic E-state index is 0.477. The molecule has 28 aromatic rings. The normalized spacial score (nSPS) is 21.0. The number of ether oxygens (including phenoxy) is 2. The fourth-order valence-corrected chi connectivity index (χ4v) is 25.1. The molecule has 2 nitrogen and oxygen atoms in total. The number of hydrogen-bond acceptors (Lipinski definition) is 2. The SMILES string of the molecule is COC1(OC)C23c4c5c6c7c8c9c(c%10c%11c2c2c4c4c%12c5c5c6c6c8c8c%13c9c9c%10c%10c%11c%11c2c2c4c4c%12c%12c5c5c6c8c6c8c%13c9c9c%10c%10c%11c2c2c4c4c%12c5c6c5c8c9c%10c2c45)C713. The van der Waals surface area contributed by atoms with E-state index in [1.807, 2.05) is 14.2 Å². The monoisotopic (exact) mass is 794 g/mol. The largest absolute Gasteiger partial charge is 0.351 e. The second-order valence-electron chi connectivity index (χ2n) is 24.3. The van der Waals surface area contributed by atoms with E-state index < -0.39 is 16.6 Å². The van der Waals surface area contributed by atoms with Gasteiger partial charge in [-0.05, 0) is 313 Å². The maximum atomic E-state index is 7.50. The molecule has 0 heterocycles. The van der Waals surface area contributed by atoms with Crippen LogP contribution in [0.25, 0.3) is 291 Å². The summed E-state index contributed by atoms with van der Waals surface area (Å²) in [4.78, 5) is 0. The van der Waals surface area contributed by atoms with Crippen molar-refractivity contribution in [3.8, 4) is 0 Å². The zero-order chi connectivity index (χ0) is 38.4. The lowest BCUT2D eigenvalue weighted by Gasteiger charge is -2.30. The molecule has 0 radical (unpaired) electrons. The number of methoxy groups -OCH3 is 2. The Labute approximate surface area is 351 Å². The lowest BCUT2D eigenvalue weighted by Crippen LogP contribution is -2.28. The molecule has 0 unspecified atom stereocenters. The first-order valence-corrected chi connectivity index (χ1v) is 24.2. The summed E-state index contributed by atoms with van der Waals surface area (Å²) in [6, 6.07) is 0. The average molecular weight is 795 g/mol. The zero-order valence-corrected chi connectivity index (χ0v) is 33.3. The molecule has 65 heavy (non-hydrogen) atoms. The van der Waals surface area contributed by atoms with Gasteiger partial charge in [-0.2, -0.15) is 0 Å². The molecule has 0 N–H and O–H groups in total. The molecule has 2 heteroatoms. The summed E-state index contributed by atoms with van der Waals surface area (Å²) < 4.78 is 15.0. The molecular formula is C63H6O2. The van der Waals surface area contributed by atoms with Crippen molar-refractivity contribution in [2.24, 2.45) is 0 Å². The molecule has 270 valence electrons. The van der Waals surface area contributed by atoms with Crippen molar-refractivity contribution in [1.29, 1.82) is 0 Å². The maximum absolute atomic E-state index is 7.50. The van der Waals surface area contributed by atoms with Crippen LogP contribution in [-0.4, -0.2) is 20.0 Å². The molecule has 5 aliphatic rings. The lowest BCUT2D eigenvalue weighted by atomic mass is 9.68. The minimum atomic E-state index is -0.871. The van der Waals surface area contributed by atoms with Crippen molar-refractivity contribution in [3.05, 3.63) is 22.3 Å². The fourth-order valence-electron chi connectivity index (χ4n) is 25.1. The Hall–Kier alpha value is -7.62. The molecule has 1 fully saturated rings. The Bertz CT molecular complexity index is 6440. The first kappa shape index (κ1) is 23.4. The summed E-state index contributed by atoms with van der Waals surface area (Å²) >= 11 is 0. The van der Waals surface area contributed by atoms with E-state index in [2.05, 4.69) is 0 Å². The van der Waals surface area contributed by atoms with Crippen LogP contribution in [0.3, 0.4) is 0 Å². The van der Waals surface area contributed by atoms with Gasteiger partial charge < -0.3 is 9.47 Å². The summed E-state index contributed by atoms with van der Waals surface area (Å²) in [7, 11) is 4.07. The van der Waals surface area contributed by atoms with Gasteiger partial charge in [-0.15, -0.1) is 0 Å². The van der Waals surface area contributed by atoms with Crippen LogP contribution in [0.15, 0.2) is 0 Å². The molecule has 5 aliphatic carbocycles. The molecule has 0 saturated heterocycles. The molecule has 0 atom stereocenters. The van der Waals surface area contributed by atoms with Crippen LogP contribution in [0.4, 0.5) is 0 Å². The van der Waals surface area contributed by atoms with Gasteiger partial charge >= 0.3 is 0 Å². The van der Waals surface area contributed by atoms with E-state index in [1.165, 1.54) is 0 Å². The highest BCUT2D eigenvalue weighted by Crippen LogP contribution is 2.94. The van der Waals surface area contributed by atoms with Crippen molar-refractivity contribution < 1.29 is 9.47 Å². The fraction of sp³-hybridized carbons (Fsp3) is 0.0794. The molecule has 0 aromatic heterocycles. The van der Waals surface area contributed by atoms with Crippen LogP contribution in [0.1, 0.15) is 22.3 Å². The van der Waals surface area contributed by atoms with Crippen molar-refractivity contribution in [1.82, 2.24) is 0 Å². The van der Waals surface area contributed by atoms with Gasteiger partial charge in [-0.3, -0.25) is 0 Å². The number of benzene rings is 18. The van der Waals surface area contributed by atoms with Crippen LogP contribution >= 0.6 is 0 Å². The Morgan fingerprint density at radius 2 is 0.246 bits per heavy atom. The standard InChI is InChI=1S/C63H6O2/c1-64-63(65-2)61-57-49-41-31-21-13-5-3-4-7-11-9(5)17-25-19(11)29-23-15(7)16-8(4)12-10-6(3)14(13)22-28-18(10)26-20(12)30-24(16)34-33(23)43-37(29)47-39(25)45(35(41)27(17)21)53(57)55(47)59-51(43)52-44(34)38(30)48-40(26)46-36(28)42(32(22)31)50(49)58(61)54(46)56(48)60(52)62(59,61)63/h1-2H3. The van der Waals surface area contributed by atoms with E-state index in [9.17, 15) is 0 Å². The second kappa shape index (κ2) is 4.98. The van der Waals surface area contributed by atoms with Gasteiger partial charge in [-0.25, -0.2) is 0 Å². The van der Waals surface area contributed by atoms with Crippen LogP contribution in [0.5, 0.6) is 0 Å². The van der Waals surface area contributed by atoms with Crippen molar-refractivity contribution in [2.45, 2.75) is 16.6 Å². The quantitative estimate of drug-likeness (QED) is 0.128. The lowest BCUT2D eigenvalue weighted by molar-refractivity contribution is -0.150. The predicted octanol–water partition coefficient (Wildman–Crippen LogP) is 16.3. The highest BCUT2D eigenvalue weighted by molar-refractivity contribution is 6.82. The van der Waals surface area contributed by atoms with Crippen molar-refractivity contribution in [3.63, 3.8) is 0 Å². The second-order valence-corrected chi connectivity index (χ2v) is 24.3. The van der Waals surface area contributed by atoms with E-state index in [0.29, 0.717) is 0 Å². The molecule has 0 bridgehead atoms. The van der Waals surface area contributed by atoms with Gasteiger partial charge in [0.15, 0.2) is 5.79 Å². The third kappa shape index (κ3) is 1.11. The van der Waals surface area contributed by atoms with E-state index in [4.69, 9.17) is 9.47 Å². The van der Waals surface area contributed by atoms with Gasteiger partial charge in [0.25, 0.3) is 0 Å². The topological polar surface area (TPSA) is 18.5 Å². The summed E-state index contributed by atoms with van der Waals surface area (Å²) in [5, 5.41) is 87.7. The van der Waals surface area contributed by atoms with Gasteiger partial charge in [0, 0.05) is 14.2 Å². The summed E-state index contributed by atoms with van der Waals surface area (Å²) in [6.45, 7) is 0.